The van der Waals surface area contributed by atoms with E-state index < -0.39 is 0 Å². The van der Waals surface area contributed by atoms with E-state index in [1.54, 1.807) is 6.20 Å². The summed E-state index contributed by atoms with van der Waals surface area (Å²) >= 11 is 0. The quantitative estimate of drug-likeness (QED) is 0.821. The molecule has 0 saturated carbocycles. The number of aromatic nitrogens is 1. The van der Waals surface area contributed by atoms with E-state index in [2.05, 4.69) is 17.1 Å². The Bertz CT molecular complexity index is 604. The Morgan fingerprint density at radius 2 is 2.11 bits per heavy atom. The van der Waals surface area contributed by atoms with Crippen molar-refractivity contribution in [1.29, 1.82) is 0 Å². The lowest BCUT2D eigenvalue weighted by molar-refractivity contribution is -0.120. The number of benzene rings is 1. The number of nitrogens with zero attached hydrogens (tertiary/aromatic N) is 1. The maximum absolute atomic E-state index is 12.3. The summed E-state index contributed by atoms with van der Waals surface area (Å²) in [4.78, 5) is 16.6. The molecule has 0 fully saturated rings. The molecule has 0 N–H and O–H groups in total. The minimum atomic E-state index is 0.0857. The summed E-state index contributed by atoms with van der Waals surface area (Å²) < 4.78 is 0. The number of ketones is 1. The molecule has 0 spiro atoms. The van der Waals surface area contributed by atoms with Crippen molar-refractivity contribution in [1.82, 2.24) is 4.98 Å². The SMILES string of the molecule is Cc1cccnc1CC(=O)C1Cc2ccccc21. The Balaban J connectivity index is 1.77. The van der Waals surface area contributed by atoms with Gasteiger partial charge in [0, 0.05) is 18.5 Å². The van der Waals surface area contributed by atoms with Gasteiger partial charge in [0.15, 0.2) is 0 Å². The van der Waals surface area contributed by atoms with Crippen LogP contribution in [0.4, 0.5) is 0 Å². The van der Waals surface area contributed by atoms with Crippen LogP contribution in [0.15, 0.2) is 42.6 Å². The molecular weight excluding hydrogens is 222 g/mol. The number of fused-ring (bicyclic) bond motifs is 1. The number of aryl methyl sites for hydroxylation is 1. The van der Waals surface area contributed by atoms with E-state index in [1.807, 2.05) is 31.2 Å². The van der Waals surface area contributed by atoms with Crippen molar-refractivity contribution in [2.45, 2.75) is 25.7 Å². The summed E-state index contributed by atoms with van der Waals surface area (Å²) in [5.41, 5.74) is 4.52. The third-order valence-electron chi connectivity index (χ3n) is 3.70. The molecule has 0 aliphatic heterocycles. The van der Waals surface area contributed by atoms with E-state index in [9.17, 15) is 4.79 Å². The van der Waals surface area contributed by atoms with Crippen molar-refractivity contribution >= 4 is 5.78 Å². The molecule has 1 aliphatic carbocycles. The van der Waals surface area contributed by atoms with E-state index in [-0.39, 0.29) is 11.7 Å². The molecule has 1 aromatic heterocycles. The van der Waals surface area contributed by atoms with Gasteiger partial charge in [-0.1, -0.05) is 30.3 Å². The fourth-order valence-corrected chi connectivity index (χ4v) is 2.54. The fourth-order valence-electron chi connectivity index (χ4n) is 2.54. The predicted octanol–water partition coefficient (Wildman–Crippen LogP) is 2.84. The Kier molecular flexibility index (Phi) is 2.71. The molecule has 1 aromatic carbocycles. The van der Waals surface area contributed by atoms with E-state index >= 15 is 0 Å². The highest BCUT2D eigenvalue weighted by Gasteiger charge is 2.31. The molecular formula is C16H15NO. The molecule has 1 unspecified atom stereocenters. The van der Waals surface area contributed by atoms with Gasteiger partial charge in [0.2, 0.25) is 0 Å². The highest BCUT2D eigenvalue weighted by Crippen LogP contribution is 2.36. The van der Waals surface area contributed by atoms with Crippen LogP contribution in [0, 0.1) is 6.92 Å². The van der Waals surface area contributed by atoms with Crippen LogP contribution in [0.5, 0.6) is 0 Å². The van der Waals surface area contributed by atoms with Crippen LogP contribution in [0.1, 0.15) is 28.3 Å². The number of hydrogen-bond donors (Lipinski definition) is 0. The summed E-state index contributed by atoms with van der Waals surface area (Å²) in [5, 5.41) is 0. The number of rotatable bonds is 3. The summed E-state index contributed by atoms with van der Waals surface area (Å²) in [5.74, 6) is 0.373. The zero-order valence-electron chi connectivity index (χ0n) is 10.4. The summed E-state index contributed by atoms with van der Waals surface area (Å²) in [6.45, 7) is 2.00. The normalized spacial score (nSPS) is 16.8. The van der Waals surface area contributed by atoms with Gasteiger partial charge < -0.3 is 0 Å². The molecule has 2 heteroatoms. The molecule has 1 aliphatic rings. The first kappa shape index (κ1) is 11.1. The van der Waals surface area contributed by atoms with Gasteiger partial charge in [0.1, 0.15) is 5.78 Å². The Hall–Kier alpha value is -1.96. The van der Waals surface area contributed by atoms with Crippen molar-refractivity contribution in [3.63, 3.8) is 0 Å². The lowest BCUT2D eigenvalue weighted by atomic mass is 9.74. The van der Waals surface area contributed by atoms with E-state index in [1.165, 1.54) is 11.1 Å². The van der Waals surface area contributed by atoms with E-state index in [0.29, 0.717) is 6.42 Å². The van der Waals surface area contributed by atoms with Crippen LogP contribution in [0.25, 0.3) is 0 Å². The zero-order valence-corrected chi connectivity index (χ0v) is 10.4. The first-order valence-electron chi connectivity index (χ1n) is 6.26. The fraction of sp³-hybridized carbons (Fsp3) is 0.250. The molecule has 2 aromatic rings. The van der Waals surface area contributed by atoms with Crippen molar-refractivity contribution in [3.8, 4) is 0 Å². The lowest BCUT2D eigenvalue weighted by Crippen LogP contribution is -2.26. The van der Waals surface area contributed by atoms with E-state index in [0.717, 1.165) is 17.7 Å². The Morgan fingerprint density at radius 1 is 1.28 bits per heavy atom. The second-order valence-electron chi connectivity index (χ2n) is 4.87. The molecule has 1 atom stereocenters. The molecule has 18 heavy (non-hydrogen) atoms. The predicted molar refractivity (Wildman–Crippen MR) is 70.6 cm³/mol. The van der Waals surface area contributed by atoms with Gasteiger partial charge in [-0.15, -0.1) is 0 Å². The molecule has 2 nitrogen and oxygen atoms in total. The second-order valence-corrected chi connectivity index (χ2v) is 4.87. The third kappa shape index (κ3) is 1.84. The van der Waals surface area contributed by atoms with Crippen molar-refractivity contribution in [3.05, 3.63) is 65.0 Å². The smallest absolute Gasteiger partial charge is 0.146 e. The Labute approximate surface area is 107 Å². The monoisotopic (exact) mass is 237 g/mol. The summed E-state index contributed by atoms with van der Waals surface area (Å²) in [6.07, 6.45) is 3.09. The van der Waals surface area contributed by atoms with E-state index in [4.69, 9.17) is 0 Å². The molecule has 1 heterocycles. The highest BCUT2D eigenvalue weighted by molar-refractivity contribution is 5.90. The standard InChI is InChI=1S/C16H15NO/c1-11-5-4-8-17-15(11)10-16(18)14-9-12-6-2-3-7-13(12)14/h2-8,14H,9-10H2,1H3. The number of carbonyl (C=O) groups excluding carboxylic acids is 1. The minimum absolute atomic E-state index is 0.0857. The van der Waals surface area contributed by atoms with Gasteiger partial charge in [-0.05, 0) is 36.1 Å². The number of hydrogen-bond acceptors (Lipinski definition) is 2. The zero-order chi connectivity index (χ0) is 12.5. The van der Waals surface area contributed by atoms with Crippen LogP contribution < -0.4 is 0 Å². The maximum atomic E-state index is 12.3. The third-order valence-corrected chi connectivity index (χ3v) is 3.70. The molecule has 3 rings (SSSR count). The summed E-state index contributed by atoms with van der Waals surface area (Å²) in [6, 6.07) is 12.1. The van der Waals surface area contributed by atoms with Gasteiger partial charge >= 0.3 is 0 Å². The minimum Gasteiger partial charge on any atom is -0.299 e. The molecule has 0 saturated heterocycles. The topological polar surface area (TPSA) is 30.0 Å². The van der Waals surface area contributed by atoms with Gasteiger partial charge in [-0.2, -0.15) is 0 Å². The highest BCUT2D eigenvalue weighted by atomic mass is 16.1. The van der Waals surface area contributed by atoms with Gasteiger partial charge in [0.25, 0.3) is 0 Å². The molecule has 90 valence electrons. The average molecular weight is 237 g/mol. The molecule has 0 bridgehead atoms. The van der Waals surface area contributed by atoms with Crippen molar-refractivity contribution in [2.75, 3.05) is 0 Å². The largest absolute Gasteiger partial charge is 0.299 e. The van der Waals surface area contributed by atoms with Crippen molar-refractivity contribution < 1.29 is 4.79 Å². The van der Waals surface area contributed by atoms with Crippen LogP contribution in [0.2, 0.25) is 0 Å². The Morgan fingerprint density at radius 3 is 2.89 bits per heavy atom. The summed E-state index contributed by atoms with van der Waals surface area (Å²) in [7, 11) is 0. The molecule has 0 radical (unpaired) electrons. The lowest BCUT2D eigenvalue weighted by Gasteiger charge is -2.28. The second kappa shape index (κ2) is 4.37. The maximum Gasteiger partial charge on any atom is 0.146 e. The van der Waals surface area contributed by atoms with Crippen molar-refractivity contribution in [2.24, 2.45) is 0 Å². The van der Waals surface area contributed by atoms with Gasteiger partial charge in [-0.25, -0.2) is 0 Å². The van der Waals surface area contributed by atoms with Crippen LogP contribution in [-0.2, 0) is 17.6 Å². The first-order valence-corrected chi connectivity index (χ1v) is 6.26. The number of Topliss-reactive ketones (excluding diaryl/α,β-unsaturated/α-hetero) is 1. The number of carbonyl (C=O) groups is 1. The molecule has 0 amide bonds. The van der Waals surface area contributed by atoms with Gasteiger partial charge in [-0.3, -0.25) is 9.78 Å². The van der Waals surface area contributed by atoms with Gasteiger partial charge in [0.05, 0.1) is 5.69 Å². The van der Waals surface area contributed by atoms with Crippen LogP contribution in [-0.4, -0.2) is 10.8 Å². The first-order chi connectivity index (χ1) is 8.75. The number of pyridine rings is 1. The average Bonchev–Trinajstić information content (AvgIpc) is 2.34. The van der Waals surface area contributed by atoms with Crippen LogP contribution >= 0.6 is 0 Å². The van der Waals surface area contributed by atoms with Crippen LogP contribution in [0.3, 0.4) is 0 Å².